The number of thiocyanates is 1. The number of halogens is 3. The molecule has 0 saturated carbocycles. The summed E-state index contributed by atoms with van der Waals surface area (Å²) in [7, 11) is 0. The second kappa shape index (κ2) is 8.48. The second-order valence-corrected chi connectivity index (χ2v) is 7.42. The van der Waals surface area contributed by atoms with Crippen molar-refractivity contribution in [2.75, 3.05) is 0 Å². The Kier molecular flexibility index (Phi) is 5.60. The van der Waals surface area contributed by atoms with Crippen LogP contribution in [-0.4, -0.2) is 0 Å². The molecule has 0 unspecified atom stereocenters. The molecule has 0 spiro atoms. The Balaban J connectivity index is 1.67. The molecule has 0 bridgehead atoms. The van der Waals surface area contributed by atoms with Crippen LogP contribution in [0.25, 0.3) is 33.4 Å². The molecule has 1 nitrogen and oxygen atoms in total. The molecule has 5 heteroatoms. The summed E-state index contributed by atoms with van der Waals surface area (Å²) < 4.78 is 43.6. The first-order chi connectivity index (χ1) is 14.6. The van der Waals surface area contributed by atoms with Crippen molar-refractivity contribution in [3.63, 3.8) is 0 Å². The van der Waals surface area contributed by atoms with Gasteiger partial charge in [-0.15, -0.1) is 0 Å². The summed E-state index contributed by atoms with van der Waals surface area (Å²) in [6.07, 6.45) is 0. The van der Waals surface area contributed by atoms with Crippen molar-refractivity contribution in [3.05, 3.63) is 102 Å². The van der Waals surface area contributed by atoms with Crippen molar-refractivity contribution in [1.29, 1.82) is 5.26 Å². The number of thioether (sulfide) groups is 1. The smallest absolute Gasteiger partial charge is 0.138 e. The van der Waals surface area contributed by atoms with Gasteiger partial charge in [0.2, 0.25) is 0 Å². The van der Waals surface area contributed by atoms with E-state index >= 15 is 0 Å². The Labute approximate surface area is 176 Å². The van der Waals surface area contributed by atoms with Gasteiger partial charge in [0.15, 0.2) is 0 Å². The third-order valence-electron chi connectivity index (χ3n) is 4.75. The Morgan fingerprint density at radius 1 is 0.567 bits per heavy atom. The highest BCUT2D eigenvalue weighted by molar-refractivity contribution is 8.03. The van der Waals surface area contributed by atoms with Crippen LogP contribution in [0.5, 0.6) is 0 Å². The van der Waals surface area contributed by atoms with Gasteiger partial charge in [0.1, 0.15) is 22.9 Å². The van der Waals surface area contributed by atoms with E-state index in [0.29, 0.717) is 22.9 Å². The van der Waals surface area contributed by atoms with E-state index < -0.39 is 17.5 Å². The van der Waals surface area contributed by atoms with Crippen molar-refractivity contribution >= 4 is 11.8 Å². The summed E-state index contributed by atoms with van der Waals surface area (Å²) in [6, 6.07) is 22.8. The predicted octanol–water partition coefficient (Wildman–Crippen LogP) is 7.68. The number of nitriles is 1. The lowest BCUT2D eigenvalue weighted by molar-refractivity contribution is 0.602. The van der Waals surface area contributed by atoms with Gasteiger partial charge in [-0.25, -0.2) is 13.2 Å². The van der Waals surface area contributed by atoms with Gasteiger partial charge in [-0.3, -0.25) is 0 Å². The quantitative estimate of drug-likeness (QED) is 0.251. The van der Waals surface area contributed by atoms with Crippen molar-refractivity contribution in [1.82, 2.24) is 0 Å². The fourth-order valence-electron chi connectivity index (χ4n) is 3.28. The maximum atomic E-state index is 14.8. The van der Waals surface area contributed by atoms with E-state index in [-0.39, 0.29) is 16.0 Å². The van der Waals surface area contributed by atoms with Crippen LogP contribution in [0.4, 0.5) is 13.2 Å². The van der Waals surface area contributed by atoms with Crippen molar-refractivity contribution in [2.45, 2.75) is 4.90 Å². The van der Waals surface area contributed by atoms with Crippen LogP contribution in [0.1, 0.15) is 0 Å². The topological polar surface area (TPSA) is 23.8 Å². The Morgan fingerprint density at radius 3 is 1.67 bits per heavy atom. The minimum absolute atomic E-state index is 0.179. The van der Waals surface area contributed by atoms with Crippen LogP contribution in [0.2, 0.25) is 0 Å². The van der Waals surface area contributed by atoms with E-state index in [1.807, 2.05) is 35.7 Å². The first-order valence-corrected chi connectivity index (χ1v) is 9.89. The summed E-state index contributed by atoms with van der Waals surface area (Å²) in [4.78, 5) is 0.179. The van der Waals surface area contributed by atoms with E-state index in [4.69, 9.17) is 5.26 Å². The molecule has 0 heterocycles. The lowest BCUT2D eigenvalue weighted by atomic mass is 9.97. The zero-order valence-corrected chi connectivity index (χ0v) is 16.4. The van der Waals surface area contributed by atoms with Crippen LogP contribution >= 0.6 is 11.8 Å². The zero-order valence-electron chi connectivity index (χ0n) is 15.6. The van der Waals surface area contributed by atoms with Gasteiger partial charge < -0.3 is 0 Å². The summed E-state index contributed by atoms with van der Waals surface area (Å²) in [5, 5.41) is 10.5. The lowest BCUT2D eigenvalue weighted by Gasteiger charge is -2.10. The van der Waals surface area contributed by atoms with Gasteiger partial charge in [0, 0.05) is 11.1 Å². The molecule has 30 heavy (non-hydrogen) atoms. The first-order valence-electron chi connectivity index (χ1n) is 9.07. The van der Waals surface area contributed by atoms with Crippen LogP contribution in [0, 0.1) is 28.1 Å². The summed E-state index contributed by atoms with van der Waals surface area (Å²) in [5.41, 5.74) is 2.85. The molecule has 0 N–H and O–H groups in total. The molecule has 146 valence electrons. The monoisotopic (exact) mass is 417 g/mol. The minimum Gasteiger partial charge on any atom is -0.206 e. The summed E-state index contributed by atoms with van der Waals surface area (Å²) in [6.45, 7) is 0. The highest BCUT2D eigenvalue weighted by Crippen LogP contribution is 2.33. The first kappa shape index (κ1) is 19.8. The Hall–Kier alpha value is -3.49. The largest absolute Gasteiger partial charge is 0.206 e. The number of benzene rings is 4. The SMILES string of the molecule is N#CSc1ccc(-c2ccc(-c3ccc(-c4ccccc4)cc3F)cc2F)cc1F. The predicted molar refractivity (Wildman–Crippen MR) is 114 cm³/mol. The molecule has 0 amide bonds. The van der Waals surface area contributed by atoms with Crippen LogP contribution < -0.4 is 0 Å². The van der Waals surface area contributed by atoms with Gasteiger partial charge in [-0.2, -0.15) is 5.26 Å². The normalized spacial score (nSPS) is 10.6. The fraction of sp³-hybridized carbons (Fsp3) is 0. The second-order valence-electron chi connectivity index (χ2n) is 6.59. The molecule has 0 aliphatic carbocycles. The van der Waals surface area contributed by atoms with Crippen LogP contribution in [-0.2, 0) is 0 Å². The van der Waals surface area contributed by atoms with E-state index in [9.17, 15) is 13.2 Å². The minimum atomic E-state index is -0.593. The van der Waals surface area contributed by atoms with E-state index in [1.165, 1.54) is 30.3 Å². The zero-order chi connectivity index (χ0) is 21.1. The molecule has 4 aromatic carbocycles. The average Bonchev–Trinajstić information content (AvgIpc) is 2.76. The molecule has 4 rings (SSSR count). The number of hydrogen-bond donors (Lipinski definition) is 0. The molecular formula is C25H14F3NS. The number of hydrogen-bond acceptors (Lipinski definition) is 2. The molecule has 0 fully saturated rings. The molecule has 0 saturated heterocycles. The van der Waals surface area contributed by atoms with Crippen LogP contribution in [0.15, 0.2) is 89.8 Å². The fourth-order valence-corrected chi connectivity index (χ4v) is 3.67. The van der Waals surface area contributed by atoms with Crippen LogP contribution in [0.3, 0.4) is 0 Å². The molecule has 0 aliphatic heterocycles. The molecule has 0 radical (unpaired) electrons. The van der Waals surface area contributed by atoms with Crippen molar-refractivity contribution in [2.24, 2.45) is 0 Å². The molecular weight excluding hydrogens is 403 g/mol. The summed E-state index contributed by atoms with van der Waals surface area (Å²) >= 11 is 0.706. The highest BCUT2D eigenvalue weighted by atomic mass is 32.2. The highest BCUT2D eigenvalue weighted by Gasteiger charge is 2.13. The molecule has 0 aromatic heterocycles. The third kappa shape index (κ3) is 3.96. The van der Waals surface area contributed by atoms with Crippen molar-refractivity contribution < 1.29 is 13.2 Å². The lowest BCUT2D eigenvalue weighted by Crippen LogP contribution is -1.91. The van der Waals surface area contributed by atoms with Gasteiger partial charge in [-0.1, -0.05) is 60.7 Å². The van der Waals surface area contributed by atoms with Gasteiger partial charge in [-0.05, 0) is 58.3 Å². The summed E-state index contributed by atoms with van der Waals surface area (Å²) in [5.74, 6) is -1.63. The Morgan fingerprint density at radius 2 is 1.10 bits per heavy atom. The standard InChI is InChI=1S/C25H14F3NS/c26-22-12-17(16-4-2-1-3-5-16)6-9-20(22)18-7-10-21(23(27)13-18)19-8-11-25(30-15-29)24(28)14-19/h1-14H. The Bertz CT molecular complexity index is 1260. The molecule has 0 atom stereocenters. The van der Waals surface area contributed by atoms with E-state index in [1.54, 1.807) is 24.3 Å². The van der Waals surface area contributed by atoms with E-state index in [0.717, 1.165) is 11.1 Å². The van der Waals surface area contributed by atoms with E-state index in [2.05, 4.69) is 0 Å². The van der Waals surface area contributed by atoms with Gasteiger partial charge in [0.05, 0.1) is 4.90 Å². The molecule has 0 aliphatic rings. The maximum Gasteiger partial charge on any atom is 0.138 e. The number of rotatable bonds is 4. The van der Waals surface area contributed by atoms with Gasteiger partial charge >= 0.3 is 0 Å². The maximum absolute atomic E-state index is 14.8. The van der Waals surface area contributed by atoms with Gasteiger partial charge in [0.25, 0.3) is 0 Å². The average molecular weight is 417 g/mol. The van der Waals surface area contributed by atoms with Crippen molar-refractivity contribution in [3.8, 4) is 38.8 Å². The number of nitrogens with zero attached hydrogens (tertiary/aromatic N) is 1. The third-order valence-corrected chi connectivity index (χ3v) is 5.40. The molecule has 4 aromatic rings.